The summed E-state index contributed by atoms with van der Waals surface area (Å²) in [5.74, 6) is 3.37. The smallest absolute Gasteiger partial charge is 0.222 e. The van der Waals surface area contributed by atoms with Crippen molar-refractivity contribution in [1.82, 2.24) is 20.1 Å². The lowest BCUT2D eigenvalue weighted by Crippen LogP contribution is -2.49. The first-order valence-corrected chi connectivity index (χ1v) is 10.7. The second kappa shape index (κ2) is 9.20. The number of pyridine rings is 1. The topological polar surface area (TPSA) is 74.2 Å². The van der Waals surface area contributed by atoms with Gasteiger partial charge in [0.15, 0.2) is 11.6 Å². The second-order valence-corrected chi connectivity index (χ2v) is 8.18. The van der Waals surface area contributed by atoms with Crippen LogP contribution in [0.3, 0.4) is 0 Å². The van der Waals surface area contributed by atoms with E-state index in [9.17, 15) is 4.79 Å². The van der Waals surface area contributed by atoms with Crippen LogP contribution in [-0.2, 0) is 4.79 Å². The highest BCUT2D eigenvalue weighted by Gasteiger charge is 2.23. The van der Waals surface area contributed by atoms with Gasteiger partial charge in [-0.15, -0.1) is 10.2 Å². The molecule has 0 bridgehead atoms. The van der Waals surface area contributed by atoms with Gasteiger partial charge in [-0.3, -0.25) is 4.79 Å². The summed E-state index contributed by atoms with van der Waals surface area (Å²) in [6, 6.07) is 7.82. The Labute approximate surface area is 172 Å². The van der Waals surface area contributed by atoms with Gasteiger partial charge >= 0.3 is 0 Å². The fourth-order valence-electron chi connectivity index (χ4n) is 4.20. The van der Waals surface area contributed by atoms with Gasteiger partial charge < -0.3 is 15.1 Å². The molecule has 7 heteroatoms. The molecule has 7 nitrogen and oxygen atoms in total. The maximum absolute atomic E-state index is 12.5. The maximum Gasteiger partial charge on any atom is 0.222 e. The fraction of sp³-hybridized carbons (Fsp3) is 0.545. The third-order valence-corrected chi connectivity index (χ3v) is 6.02. The lowest BCUT2D eigenvalue weighted by atomic mass is 10.0. The van der Waals surface area contributed by atoms with Crippen molar-refractivity contribution in [3.05, 3.63) is 36.0 Å². The summed E-state index contributed by atoms with van der Waals surface area (Å²) in [6.45, 7) is 5.14. The number of amides is 1. The lowest BCUT2D eigenvalue weighted by molar-refractivity contribution is -0.131. The Balaban J connectivity index is 1.24. The highest BCUT2D eigenvalue weighted by atomic mass is 16.2. The Kier molecular flexibility index (Phi) is 6.22. The maximum atomic E-state index is 12.5. The number of anilines is 3. The molecule has 4 rings (SSSR count). The molecule has 3 heterocycles. The molecule has 1 saturated heterocycles. The van der Waals surface area contributed by atoms with Crippen LogP contribution in [0.4, 0.5) is 17.5 Å². The normalized spacial score (nSPS) is 17.6. The van der Waals surface area contributed by atoms with Crippen LogP contribution in [0.5, 0.6) is 0 Å². The summed E-state index contributed by atoms with van der Waals surface area (Å²) in [6.07, 6.45) is 8.89. The number of hydrogen-bond donors (Lipinski definition) is 1. The van der Waals surface area contributed by atoms with Crippen molar-refractivity contribution in [3.8, 4) is 0 Å². The number of nitrogens with zero attached hydrogens (tertiary/aromatic N) is 5. The van der Waals surface area contributed by atoms with Crippen molar-refractivity contribution in [2.24, 2.45) is 5.92 Å². The van der Waals surface area contributed by atoms with E-state index in [1.54, 1.807) is 0 Å². The highest BCUT2D eigenvalue weighted by Crippen LogP contribution is 2.28. The van der Waals surface area contributed by atoms with Gasteiger partial charge in [-0.1, -0.05) is 31.7 Å². The van der Waals surface area contributed by atoms with E-state index >= 15 is 0 Å². The monoisotopic (exact) mass is 394 g/mol. The zero-order valence-electron chi connectivity index (χ0n) is 17.2. The van der Waals surface area contributed by atoms with E-state index in [4.69, 9.17) is 0 Å². The standard InChI is InChI=1S/C22H30N6O/c1-17-6-8-19(23-16-17)24-20-9-10-21(26-25-20)27-12-14-28(15-13-27)22(29)11-7-18-4-2-3-5-18/h6,8-10,16,18H,2-5,7,11-15H2,1H3,(H,23,24,25). The van der Waals surface area contributed by atoms with Crippen LogP contribution in [0.2, 0.25) is 0 Å². The number of carbonyl (C=O) groups excluding carboxylic acids is 1. The molecule has 0 spiro atoms. The second-order valence-electron chi connectivity index (χ2n) is 8.18. The van der Waals surface area contributed by atoms with Crippen LogP contribution in [-0.4, -0.2) is 52.2 Å². The van der Waals surface area contributed by atoms with E-state index in [-0.39, 0.29) is 0 Å². The number of rotatable bonds is 6. The minimum atomic E-state index is 0.313. The van der Waals surface area contributed by atoms with E-state index in [0.717, 1.165) is 55.7 Å². The third-order valence-electron chi connectivity index (χ3n) is 6.02. The molecule has 1 saturated carbocycles. The molecule has 2 aromatic rings. The molecule has 0 atom stereocenters. The van der Waals surface area contributed by atoms with Gasteiger partial charge in [-0.2, -0.15) is 0 Å². The van der Waals surface area contributed by atoms with Gasteiger partial charge in [-0.25, -0.2) is 4.98 Å². The molecule has 2 aromatic heterocycles. The molecule has 2 fully saturated rings. The number of nitrogens with one attached hydrogen (secondary N) is 1. The molecular weight excluding hydrogens is 364 g/mol. The fourth-order valence-corrected chi connectivity index (χ4v) is 4.20. The number of aromatic nitrogens is 3. The van der Waals surface area contributed by atoms with Gasteiger partial charge in [0, 0.05) is 38.8 Å². The van der Waals surface area contributed by atoms with Crippen LogP contribution in [0.25, 0.3) is 0 Å². The Morgan fingerprint density at radius 2 is 1.79 bits per heavy atom. The molecule has 29 heavy (non-hydrogen) atoms. The summed E-state index contributed by atoms with van der Waals surface area (Å²) in [5, 5.41) is 11.8. The highest BCUT2D eigenvalue weighted by molar-refractivity contribution is 5.76. The minimum Gasteiger partial charge on any atom is -0.352 e. The largest absolute Gasteiger partial charge is 0.352 e. The Hall–Kier alpha value is -2.70. The zero-order chi connectivity index (χ0) is 20.1. The third kappa shape index (κ3) is 5.22. The summed E-state index contributed by atoms with van der Waals surface area (Å²) < 4.78 is 0. The summed E-state index contributed by atoms with van der Waals surface area (Å²) in [5.41, 5.74) is 1.12. The van der Waals surface area contributed by atoms with Crippen LogP contribution in [0.15, 0.2) is 30.5 Å². The van der Waals surface area contributed by atoms with Gasteiger partial charge in [0.25, 0.3) is 0 Å². The predicted octanol–water partition coefficient (Wildman–Crippen LogP) is 3.54. The number of piperazine rings is 1. The van der Waals surface area contributed by atoms with Gasteiger partial charge in [0.2, 0.25) is 5.91 Å². The van der Waals surface area contributed by atoms with Crippen LogP contribution in [0.1, 0.15) is 44.1 Å². The van der Waals surface area contributed by atoms with Crippen molar-refractivity contribution in [1.29, 1.82) is 0 Å². The minimum absolute atomic E-state index is 0.313. The molecule has 1 N–H and O–H groups in total. The number of carbonyl (C=O) groups is 1. The predicted molar refractivity (Wildman–Crippen MR) is 114 cm³/mol. The Morgan fingerprint density at radius 1 is 1.03 bits per heavy atom. The van der Waals surface area contributed by atoms with Crippen LogP contribution >= 0.6 is 0 Å². The van der Waals surface area contributed by atoms with E-state index in [1.165, 1.54) is 25.7 Å². The molecule has 1 aliphatic carbocycles. The van der Waals surface area contributed by atoms with Crippen molar-refractivity contribution in [2.75, 3.05) is 36.4 Å². The molecule has 2 aliphatic rings. The molecule has 0 radical (unpaired) electrons. The average Bonchev–Trinajstić information content (AvgIpc) is 3.28. The van der Waals surface area contributed by atoms with Crippen molar-refractivity contribution in [3.63, 3.8) is 0 Å². The average molecular weight is 395 g/mol. The first-order valence-electron chi connectivity index (χ1n) is 10.7. The van der Waals surface area contributed by atoms with E-state index in [1.807, 2.05) is 42.3 Å². The van der Waals surface area contributed by atoms with Crippen LogP contribution in [0, 0.1) is 12.8 Å². The van der Waals surface area contributed by atoms with Crippen molar-refractivity contribution < 1.29 is 4.79 Å². The molecule has 0 aromatic carbocycles. The van der Waals surface area contributed by atoms with E-state index in [2.05, 4.69) is 25.4 Å². The SMILES string of the molecule is Cc1ccc(Nc2ccc(N3CCN(C(=O)CCC4CCCC4)CC3)nn2)nc1. The van der Waals surface area contributed by atoms with Crippen molar-refractivity contribution in [2.45, 2.75) is 45.4 Å². The molecular formula is C22H30N6O. The quantitative estimate of drug-likeness (QED) is 0.808. The van der Waals surface area contributed by atoms with E-state index < -0.39 is 0 Å². The molecule has 154 valence electrons. The Bertz CT molecular complexity index is 793. The van der Waals surface area contributed by atoms with Gasteiger partial charge in [-0.05, 0) is 43.0 Å². The number of hydrogen-bond acceptors (Lipinski definition) is 6. The first kappa shape index (κ1) is 19.6. The molecule has 1 amide bonds. The van der Waals surface area contributed by atoms with Gasteiger partial charge in [0.05, 0.1) is 0 Å². The Morgan fingerprint density at radius 3 is 2.45 bits per heavy atom. The summed E-state index contributed by atoms with van der Waals surface area (Å²) >= 11 is 0. The zero-order valence-corrected chi connectivity index (χ0v) is 17.2. The first-order chi connectivity index (χ1) is 14.2. The number of aryl methyl sites for hydroxylation is 1. The summed E-state index contributed by atoms with van der Waals surface area (Å²) in [4.78, 5) is 21.0. The van der Waals surface area contributed by atoms with Crippen molar-refractivity contribution >= 4 is 23.4 Å². The summed E-state index contributed by atoms with van der Waals surface area (Å²) in [7, 11) is 0. The lowest BCUT2D eigenvalue weighted by Gasteiger charge is -2.35. The van der Waals surface area contributed by atoms with Gasteiger partial charge in [0.1, 0.15) is 5.82 Å². The van der Waals surface area contributed by atoms with E-state index in [0.29, 0.717) is 18.1 Å². The molecule has 0 unspecified atom stereocenters. The molecule has 1 aliphatic heterocycles. The van der Waals surface area contributed by atoms with Crippen LogP contribution < -0.4 is 10.2 Å².